The minimum Gasteiger partial charge on any atom is -0.480 e. The van der Waals surface area contributed by atoms with E-state index in [1.807, 2.05) is 0 Å². The normalized spacial score (nSPS) is 16.7. The summed E-state index contributed by atoms with van der Waals surface area (Å²) >= 11 is 11.5. The average molecular weight is 782 g/mol. The van der Waals surface area contributed by atoms with Crippen molar-refractivity contribution in [1.82, 2.24) is 39.0 Å². The van der Waals surface area contributed by atoms with Gasteiger partial charge in [-0.25, -0.2) is 33.4 Å². The van der Waals surface area contributed by atoms with E-state index in [1.54, 1.807) is 78.2 Å². The zero-order valence-electron chi connectivity index (χ0n) is 29.2. The molecule has 0 radical (unpaired) electrons. The first-order chi connectivity index (χ1) is 23.8. The van der Waals surface area contributed by atoms with Gasteiger partial charge < -0.3 is 25.6 Å². The van der Waals surface area contributed by atoms with E-state index < -0.39 is 41.4 Å². The van der Waals surface area contributed by atoms with E-state index >= 15 is 0 Å². The molecule has 4 aromatic heterocycles. The summed E-state index contributed by atoms with van der Waals surface area (Å²) in [4.78, 5) is 58.3. The lowest BCUT2D eigenvalue weighted by molar-refractivity contribution is -0.142. The second kappa shape index (κ2) is 18.2. The molecular weight excluding hydrogens is 731 g/mol. The van der Waals surface area contributed by atoms with Crippen molar-refractivity contribution in [1.29, 1.82) is 0 Å². The number of carbonyl (C=O) groups is 4. The summed E-state index contributed by atoms with van der Waals surface area (Å²) in [6.07, 6.45) is 4.74. The Morgan fingerprint density at radius 3 is 1.72 bits per heavy atom. The number of hydrogen-bond acceptors (Lipinski definition) is 11. The van der Waals surface area contributed by atoms with Crippen LogP contribution in [-0.2, 0) is 19.1 Å². The molecule has 4 aromatic rings. The molecule has 0 aromatic carbocycles. The van der Waals surface area contributed by atoms with E-state index in [4.69, 9.17) is 43.5 Å². The van der Waals surface area contributed by atoms with Gasteiger partial charge in [0.1, 0.15) is 39.4 Å². The maximum Gasteiger partial charge on any atom is 0.411 e. The van der Waals surface area contributed by atoms with E-state index in [0.717, 1.165) is 12.8 Å². The van der Waals surface area contributed by atoms with Gasteiger partial charge in [-0.15, -0.1) is 0 Å². The fourth-order valence-electron chi connectivity index (χ4n) is 5.15. The number of fused-ring (bicyclic) bond motifs is 2. The molecule has 0 unspecified atom stereocenters. The molecule has 2 aliphatic rings. The number of amides is 3. The van der Waals surface area contributed by atoms with Crippen molar-refractivity contribution in [2.24, 2.45) is 0 Å². The molecule has 6 rings (SSSR count). The van der Waals surface area contributed by atoms with Crippen LogP contribution in [0.15, 0.2) is 36.7 Å². The fourth-order valence-corrected chi connectivity index (χ4v) is 5.44. The van der Waals surface area contributed by atoms with Crippen LogP contribution in [-0.4, -0.2) is 105 Å². The number of carboxylic acids is 1. The van der Waals surface area contributed by atoms with Crippen molar-refractivity contribution >= 4 is 70.2 Å². The van der Waals surface area contributed by atoms with Crippen LogP contribution in [0.1, 0.15) is 82.1 Å². The Balaban J connectivity index is 0.000000296. The standard InChI is InChI=1S/C16H20ClN5O3.C10H17NO4.C6H5ClN4.2CH4/c1-16(2,3)25-15(24)21-8-4-5-10(21)14(23)19-12-9-22-13(18-12)7-6-11(17)20-22;1-10(2,3)15-9(14)11-6-4-5-7(11)8(12)13;7-4-1-2-6-9-5(8)3-11(6)10-4;;/h6-7,9-10H,4-5,8H2,1-3H3,(H,19,23);7H,4-6H2,1-3H3,(H,12,13);1-3H,8H2;2*1H4/t10-;7-;;;/m11.../s1. The topological polar surface area (TPSA) is 212 Å². The zero-order chi connectivity index (χ0) is 37.7. The van der Waals surface area contributed by atoms with Gasteiger partial charge in [0.05, 0.1) is 12.4 Å². The van der Waals surface area contributed by atoms with Gasteiger partial charge >= 0.3 is 18.2 Å². The van der Waals surface area contributed by atoms with E-state index in [9.17, 15) is 19.2 Å². The van der Waals surface area contributed by atoms with Gasteiger partial charge in [0.15, 0.2) is 17.1 Å². The van der Waals surface area contributed by atoms with Crippen LogP contribution in [0, 0.1) is 0 Å². The first-order valence-corrected chi connectivity index (χ1v) is 16.9. The number of nitrogens with zero attached hydrogens (tertiary/aromatic N) is 8. The van der Waals surface area contributed by atoms with Gasteiger partial charge in [-0.05, 0) is 91.5 Å². The molecule has 4 N–H and O–H groups in total. The number of halogens is 2. The molecule has 3 amide bonds. The van der Waals surface area contributed by atoms with Crippen LogP contribution < -0.4 is 11.1 Å². The molecule has 19 heteroatoms. The van der Waals surface area contributed by atoms with Crippen LogP contribution in [0.3, 0.4) is 0 Å². The highest BCUT2D eigenvalue weighted by Gasteiger charge is 2.37. The van der Waals surface area contributed by atoms with Gasteiger partial charge in [0, 0.05) is 13.1 Å². The second-order valence-corrected chi connectivity index (χ2v) is 14.5. The van der Waals surface area contributed by atoms with Crippen LogP contribution in [0.25, 0.3) is 11.3 Å². The molecule has 2 fully saturated rings. The summed E-state index contributed by atoms with van der Waals surface area (Å²) in [6, 6.07) is 5.45. The Bertz CT molecular complexity index is 1890. The number of imidazole rings is 2. The Morgan fingerprint density at radius 2 is 1.23 bits per heavy atom. The van der Waals surface area contributed by atoms with Gasteiger partial charge in [0.25, 0.3) is 0 Å². The van der Waals surface area contributed by atoms with Gasteiger partial charge in [-0.3, -0.25) is 14.6 Å². The summed E-state index contributed by atoms with van der Waals surface area (Å²) in [5, 5.41) is 20.4. The Labute approximate surface area is 318 Å². The molecule has 0 bridgehead atoms. The van der Waals surface area contributed by atoms with E-state index in [0.29, 0.717) is 59.2 Å². The third kappa shape index (κ3) is 12.6. The molecule has 292 valence electrons. The predicted molar refractivity (Wildman–Crippen MR) is 202 cm³/mol. The predicted octanol–water partition coefficient (Wildman–Crippen LogP) is 6.43. The number of nitrogens with two attached hydrogens (primary N) is 1. The summed E-state index contributed by atoms with van der Waals surface area (Å²) < 4.78 is 13.5. The maximum absolute atomic E-state index is 12.6. The van der Waals surface area contributed by atoms with Crippen molar-refractivity contribution in [2.75, 3.05) is 24.1 Å². The van der Waals surface area contributed by atoms with E-state index in [2.05, 4.69) is 25.5 Å². The number of rotatable bonds is 3. The van der Waals surface area contributed by atoms with E-state index in [1.165, 1.54) is 18.8 Å². The Kier molecular flexibility index (Phi) is 15.2. The van der Waals surface area contributed by atoms with Crippen LogP contribution >= 0.6 is 23.2 Å². The van der Waals surface area contributed by atoms with Crippen molar-refractivity contribution in [3.63, 3.8) is 0 Å². The lowest BCUT2D eigenvalue weighted by Crippen LogP contribution is -2.45. The molecular formula is C34H50Cl2N10O7. The number of hydrogen-bond donors (Lipinski definition) is 3. The first kappa shape index (κ1) is 44.3. The lowest BCUT2D eigenvalue weighted by atomic mass is 10.2. The number of anilines is 2. The summed E-state index contributed by atoms with van der Waals surface area (Å²) in [7, 11) is 0. The Hall–Kier alpha value is -4.90. The number of ether oxygens (including phenoxy) is 2. The van der Waals surface area contributed by atoms with Crippen LogP contribution in [0.5, 0.6) is 0 Å². The molecule has 0 aliphatic carbocycles. The number of nitrogen functional groups attached to an aromatic ring is 1. The van der Waals surface area contributed by atoms with Crippen molar-refractivity contribution < 1.29 is 33.8 Å². The molecule has 2 atom stereocenters. The quantitative estimate of drug-likeness (QED) is 0.205. The highest BCUT2D eigenvalue weighted by atomic mass is 35.5. The molecule has 0 saturated carbocycles. The molecule has 2 aliphatic heterocycles. The van der Waals surface area contributed by atoms with Gasteiger partial charge in [-0.2, -0.15) is 10.2 Å². The van der Waals surface area contributed by atoms with Crippen molar-refractivity contribution in [2.45, 2.75) is 105 Å². The number of aliphatic carboxylic acids is 1. The number of likely N-dealkylation sites (tertiary alicyclic amines) is 2. The minimum atomic E-state index is -0.960. The van der Waals surface area contributed by atoms with Crippen molar-refractivity contribution in [3.05, 3.63) is 47.0 Å². The highest BCUT2D eigenvalue weighted by molar-refractivity contribution is 6.29. The zero-order valence-corrected chi connectivity index (χ0v) is 30.7. The monoisotopic (exact) mass is 780 g/mol. The van der Waals surface area contributed by atoms with E-state index in [-0.39, 0.29) is 20.8 Å². The maximum atomic E-state index is 12.6. The van der Waals surface area contributed by atoms with Crippen LogP contribution in [0.2, 0.25) is 10.3 Å². The fraction of sp³-hybridized carbons (Fsp3) is 0.529. The Morgan fingerprint density at radius 1 is 0.774 bits per heavy atom. The molecule has 0 spiro atoms. The van der Waals surface area contributed by atoms with Gasteiger partial charge in [-0.1, -0.05) is 38.1 Å². The number of aromatic nitrogens is 6. The smallest absolute Gasteiger partial charge is 0.411 e. The van der Waals surface area contributed by atoms with Gasteiger partial charge in [0.2, 0.25) is 5.91 Å². The number of carbonyl (C=O) groups excluding carboxylic acids is 3. The molecule has 17 nitrogen and oxygen atoms in total. The number of carboxylic acid groups (broad SMARTS) is 1. The summed E-state index contributed by atoms with van der Waals surface area (Å²) in [5.41, 5.74) is 5.51. The SMILES string of the molecule is C.C.CC(C)(C)OC(=O)N1CCC[C@@H]1C(=O)Nc1cn2nc(Cl)ccc2n1.CC(C)(C)OC(=O)N1CCC[C@@H]1C(=O)O.Nc1cn2nc(Cl)ccc2n1. The summed E-state index contributed by atoms with van der Waals surface area (Å²) in [6.45, 7) is 11.6. The second-order valence-electron chi connectivity index (χ2n) is 13.7. The molecule has 53 heavy (non-hydrogen) atoms. The van der Waals surface area contributed by atoms with Crippen molar-refractivity contribution in [3.8, 4) is 0 Å². The first-order valence-electron chi connectivity index (χ1n) is 16.1. The summed E-state index contributed by atoms with van der Waals surface area (Å²) in [5.74, 6) is -0.452. The third-order valence-corrected chi connectivity index (χ3v) is 7.60. The number of nitrogens with one attached hydrogen (secondary N) is 1. The molecule has 2 saturated heterocycles. The highest BCUT2D eigenvalue weighted by Crippen LogP contribution is 2.23. The largest absolute Gasteiger partial charge is 0.480 e. The van der Waals surface area contributed by atoms with Crippen LogP contribution in [0.4, 0.5) is 21.2 Å². The lowest BCUT2D eigenvalue weighted by Gasteiger charge is -2.27. The average Bonchev–Trinajstić information content (AvgIpc) is 3.81. The third-order valence-electron chi connectivity index (χ3n) is 7.19. The molecule has 6 heterocycles. The minimum absolute atomic E-state index is 0.